The first-order valence-electron chi connectivity index (χ1n) is 9.82. The molecule has 0 atom stereocenters. The van der Waals surface area contributed by atoms with Crippen molar-refractivity contribution >= 4 is 23.1 Å². The largest absolute Gasteiger partial charge is 0.374 e. The summed E-state index contributed by atoms with van der Waals surface area (Å²) in [6, 6.07) is 25.9. The number of carbonyl (C=O) groups excluding carboxylic acids is 1. The second kappa shape index (κ2) is 8.97. The van der Waals surface area contributed by atoms with Gasteiger partial charge in [0, 0.05) is 54.7 Å². The first-order valence-corrected chi connectivity index (χ1v) is 10.2. The molecule has 0 unspecified atom stereocenters. The number of piperazine rings is 1. The number of halogens is 1. The van der Waals surface area contributed by atoms with Crippen LogP contribution in [0.1, 0.15) is 10.4 Å². The molecule has 0 N–H and O–H groups in total. The van der Waals surface area contributed by atoms with Gasteiger partial charge in [0.1, 0.15) is 0 Å². The molecule has 29 heavy (non-hydrogen) atoms. The summed E-state index contributed by atoms with van der Waals surface area (Å²) in [5.41, 5.74) is 4.12. The van der Waals surface area contributed by atoms with Crippen LogP contribution in [0.25, 0.3) is 11.1 Å². The molecule has 1 heterocycles. The van der Waals surface area contributed by atoms with E-state index < -0.39 is 0 Å². The molecule has 1 fully saturated rings. The summed E-state index contributed by atoms with van der Waals surface area (Å²) in [4.78, 5) is 17.0. The predicted octanol–water partition coefficient (Wildman–Crippen LogP) is 5.53. The molecule has 1 aliphatic rings. The first kappa shape index (κ1) is 19.3. The van der Waals surface area contributed by atoms with Gasteiger partial charge in [0.05, 0.1) is 0 Å². The van der Waals surface area contributed by atoms with Crippen molar-refractivity contribution in [3.63, 3.8) is 0 Å². The Labute approximate surface area is 176 Å². The molecule has 146 valence electrons. The van der Waals surface area contributed by atoms with Crippen LogP contribution in [0.5, 0.6) is 0 Å². The van der Waals surface area contributed by atoms with Gasteiger partial charge in [0.2, 0.25) is 0 Å². The lowest BCUT2D eigenvalue weighted by Crippen LogP contribution is -2.44. The molecule has 3 nitrogen and oxygen atoms in total. The molecule has 0 spiro atoms. The molecule has 0 bridgehead atoms. The minimum atomic E-state index is 0.0295. The molecule has 0 saturated carbocycles. The summed E-state index contributed by atoms with van der Waals surface area (Å²) in [6.45, 7) is 3.57. The van der Waals surface area contributed by atoms with Gasteiger partial charge >= 0.3 is 0 Å². The van der Waals surface area contributed by atoms with Crippen LogP contribution in [-0.2, 0) is 0 Å². The van der Waals surface area contributed by atoms with Crippen LogP contribution in [0, 0.1) is 0 Å². The maximum Gasteiger partial charge on any atom is 0.187 e. The average Bonchev–Trinajstić information content (AvgIpc) is 2.78. The third-order valence-electron chi connectivity index (χ3n) is 5.20. The second-order valence-electron chi connectivity index (χ2n) is 7.13. The molecule has 0 amide bonds. The molecule has 3 aromatic carbocycles. The van der Waals surface area contributed by atoms with Crippen molar-refractivity contribution in [3.8, 4) is 11.1 Å². The topological polar surface area (TPSA) is 23.6 Å². The van der Waals surface area contributed by atoms with Gasteiger partial charge in [-0.25, -0.2) is 0 Å². The van der Waals surface area contributed by atoms with E-state index in [9.17, 15) is 4.79 Å². The number of anilines is 1. The fourth-order valence-electron chi connectivity index (χ4n) is 3.53. The van der Waals surface area contributed by atoms with E-state index in [0.717, 1.165) is 48.0 Å². The molecule has 0 radical (unpaired) electrons. The monoisotopic (exact) mass is 402 g/mol. The van der Waals surface area contributed by atoms with E-state index >= 15 is 0 Å². The highest BCUT2D eigenvalue weighted by molar-refractivity contribution is 6.30. The van der Waals surface area contributed by atoms with Gasteiger partial charge in [0.15, 0.2) is 5.78 Å². The maximum absolute atomic E-state index is 12.5. The number of nitrogens with zero attached hydrogens (tertiary/aromatic N) is 2. The standard InChI is InChI=1S/C25H23ClN2O/c26-23-7-4-8-24(19-23)28-17-15-27(16-18-28)14-13-25(29)22-11-9-21(10-12-22)20-5-2-1-3-6-20/h1-14,19H,15-18H2. The zero-order valence-electron chi connectivity index (χ0n) is 16.2. The Hall–Kier alpha value is -3.04. The number of hydrogen-bond acceptors (Lipinski definition) is 3. The fourth-order valence-corrected chi connectivity index (χ4v) is 3.71. The Morgan fingerprint density at radius 1 is 0.793 bits per heavy atom. The van der Waals surface area contributed by atoms with Gasteiger partial charge in [-0.1, -0.05) is 72.3 Å². The van der Waals surface area contributed by atoms with Crippen LogP contribution in [-0.4, -0.2) is 36.9 Å². The number of allylic oxidation sites excluding steroid dienone is 1. The van der Waals surface area contributed by atoms with Crippen molar-refractivity contribution in [2.75, 3.05) is 31.1 Å². The Morgan fingerprint density at radius 2 is 1.48 bits per heavy atom. The van der Waals surface area contributed by atoms with Gasteiger partial charge in [-0.15, -0.1) is 0 Å². The summed E-state index contributed by atoms with van der Waals surface area (Å²) in [6.07, 6.45) is 3.59. The molecule has 3 aromatic rings. The molecule has 1 aliphatic heterocycles. The van der Waals surface area contributed by atoms with Crippen molar-refractivity contribution in [2.24, 2.45) is 0 Å². The Bertz CT molecular complexity index is 991. The van der Waals surface area contributed by atoms with Crippen LogP contribution in [0.4, 0.5) is 5.69 Å². The normalized spacial score (nSPS) is 14.4. The summed E-state index contributed by atoms with van der Waals surface area (Å²) < 4.78 is 0. The zero-order valence-corrected chi connectivity index (χ0v) is 16.9. The van der Waals surface area contributed by atoms with Crippen LogP contribution in [0.2, 0.25) is 5.02 Å². The van der Waals surface area contributed by atoms with E-state index in [-0.39, 0.29) is 5.78 Å². The maximum atomic E-state index is 12.5. The predicted molar refractivity (Wildman–Crippen MR) is 121 cm³/mol. The second-order valence-corrected chi connectivity index (χ2v) is 7.56. The van der Waals surface area contributed by atoms with Crippen molar-refractivity contribution in [3.05, 3.63) is 102 Å². The van der Waals surface area contributed by atoms with Crippen molar-refractivity contribution in [2.45, 2.75) is 0 Å². The third kappa shape index (κ3) is 4.87. The number of benzene rings is 3. The number of carbonyl (C=O) groups is 1. The number of ketones is 1. The average molecular weight is 403 g/mol. The Balaban J connectivity index is 1.33. The highest BCUT2D eigenvalue weighted by atomic mass is 35.5. The van der Waals surface area contributed by atoms with Gasteiger partial charge in [-0.05, 0) is 29.3 Å². The lowest BCUT2D eigenvalue weighted by molar-refractivity contribution is 0.104. The smallest absolute Gasteiger partial charge is 0.187 e. The number of hydrogen-bond donors (Lipinski definition) is 0. The van der Waals surface area contributed by atoms with E-state index in [1.807, 2.05) is 66.9 Å². The van der Waals surface area contributed by atoms with Crippen LogP contribution in [0.15, 0.2) is 91.1 Å². The lowest BCUT2D eigenvalue weighted by Gasteiger charge is -2.35. The summed E-state index contributed by atoms with van der Waals surface area (Å²) in [7, 11) is 0. The van der Waals surface area contributed by atoms with Gasteiger partial charge in [-0.3, -0.25) is 4.79 Å². The Kier molecular flexibility index (Phi) is 5.97. The minimum absolute atomic E-state index is 0.0295. The van der Waals surface area contributed by atoms with Crippen LogP contribution in [0.3, 0.4) is 0 Å². The Morgan fingerprint density at radius 3 is 2.17 bits per heavy atom. The highest BCUT2D eigenvalue weighted by Gasteiger charge is 2.15. The van der Waals surface area contributed by atoms with Gasteiger partial charge in [-0.2, -0.15) is 0 Å². The van der Waals surface area contributed by atoms with Crippen molar-refractivity contribution in [1.82, 2.24) is 4.90 Å². The lowest BCUT2D eigenvalue weighted by atomic mass is 10.0. The summed E-state index contributed by atoms with van der Waals surface area (Å²) in [5.74, 6) is 0.0295. The van der Waals surface area contributed by atoms with Gasteiger partial charge < -0.3 is 9.80 Å². The van der Waals surface area contributed by atoms with E-state index in [1.54, 1.807) is 6.08 Å². The zero-order chi connectivity index (χ0) is 20.1. The molecular formula is C25H23ClN2O. The van der Waals surface area contributed by atoms with Gasteiger partial charge in [0.25, 0.3) is 0 Å². The van der Waals surface area contributed by atoms with Crippen molar-refractivity contribution < 1.29 is 4.79 Å². The fraction of sp³-hybridized carbons (Fsp3) is 0.160. The molecule has 0 aliphatic carbocycles. The molecule has 4 rings (SSSR count). The van der Waals surface area contributed by atoms with Crippen LogP contribution < -0.4 is 4.90 Å². The SMILES string of the molecule is O=C(C=CN1CCN(c2cccc(Cl)c2)CC1)c1ccc(-c2ccccc2)cc1. The highest BCUT2D eigenvalue weighted by Crippen LogP contribution is 2.21. The first-order chi connectivity index (χ1) is 14.2. The molecule has 0 aromatic heterocycles. The summed E-state index contributed by atoms with van der Waals surface area (Å²) >= 11 is 6.09. The quantitative estimate of drug-likeness (QED) is 0.414. The van der Waals surface area contributed by atoms with Crippen LogP contribution >= 0.6 is 11.6 Å². The number of rotatable bonds is 5. The molecule has 4 heteroatoms. The molecular weight excluding hydrogens is 380 g/mol. The molecule has 1 saturated heterocycles. The van der Waals surface area contributed by atoms with Crippen molar-refractivity contribution in [1.29, 1.82) is 0 Å². The van der Waals surface area contributed by atoms with E-state index in [1.165, 1.54) is 0 Å². The van der Waals surface area contributed by atoms with E-state index in [2.05, 4.69) is 28.0 Å². The summed E-state index contributed by atoms with van der Waals surface area (Å²) in [5, 5.41) is 0.758. The van der Waals surface area contributed by atoms with E-state index in [4.69, 9.17) is 11.6 Å². The minimum Gasteiger partial charge on any atom is -0.374 e. The van der Waals surface area contributed by atoms with E-state index in [0.29, 0.717) is 5.56 Å². The third-order valence-corrected chi connectivity index (χ3v) is 5.44.